The van der Waals surface area contributed by atoms with Crippen LogP contribution in [0.3, 0.4) is 0 Å². The maximum Gasteiger partial charge on any atom is 0.333 e. The molecule has 23 heavy (non-hydrogen) atoms. The summed E-state index contributed by atoms with van der Waals surface area (Å²) in [5.41, 5.74) is 3.47. The molecule has 1 aliphatic rings. The minimum absolute atomic E-state index is 0.0711. The zero-order valence-corrected chi connectivity index (χ0v) is 12.6. The number of carboxylic acid groups (broad SMARTS) is 1. The molecule has 1 amide bonds. The number of carbonyl (C=O) groups is 2. The van der Waals surface area contributed by atoms with Crippen LogP contribution in [-0.4, -0.2) is 26.2 Å². The number of aromatic nitrogens is 2. The molecule has 1 N–H and O–H groups in total. The first-order valence-electron chi connectivity index (χ1n) is 7.34. The molecule has 0 fully saturated rings. The Morgan fingerprint density at radius 2 is 2.04 bits per heavy atom. The SMILES string of the molecule is Cc1ccc2n1C(=O)N(c1ccc3ccn(CC(=O)O)c3c1)C2. The Bertz CT molecular complexity index is 951. The monoisotopic (exact) mass is 309 g/mol. The molecule has 3 aromatic rings. The fraction of sp³-hybridized carbons (Fsp3) is 0.176. The third-order valence-corrected chi connectivity index (χ3v) is 4.27. The van der Waals surface area contributed by atoms with E-state index < -0.39 is 5.97 Å². The van der Waals surface area contributed by atoms with Crippen LogP contribution in [0.15, 0.2) is 42.6 Å². The molecule has 0 bridgehead atoms. The number of hydrogen-bond acceptors (Lipinski definition) is 2. The van der Waals surface area contributed by atoms with Crippen LogP contribution < -0.4 is 4.90 Å². The van der Waals surface area contributed by atoms with Crippen LogP contribution in [0.5, 0.6) is 0 Å². The second kappa shape index (κ2) is 4.74. The van der Waals surface area contributed by atoms with Crippen LogP contribution in [0.25, 0.3) is 10.9 Å². The van der Waals surface area contributed by atoms with Gasteiger partial charge >= 0.3 is 12.0 Å². The van der Waals surface area contributed by atoms with E-state index in [2.05, 4.69) is 0 Å². The van der Waals surface area contributed by atoms with Crippen molar-refractivity contribution in [2.75, 3.05) is 4.90 Å². The number of fused-ring (bicyclic) bond motifs is 2. The Hall–Kier alpha value is -3.02. The number of aliphatic carboxylic acids is 1. The molecule has 6 heteroatoms. The number of anilines is 1. The highest BCUT2D eigenvalue weighted by molar-refractivity contribution is 5.99. The zero-order valence-electron chi connectivity index (χ0n) is 12.6. The lowest BCUT2D eigenvalue weighted by atomic mass is 10.2. The molecule has 2 aromatic heterocycles. The summed E-state index contributed by atoms with van der Waals surface area (Å²) in [6, 6.07) is 11.4. The van der Waals surface area contributed by atoms with E-state index in [0.717, 1.165) is 28.0 Å². The quantitative estimate of drug-likeness (QED) is 0.809. The number of carboxylic acids is 1. The number of nitrogens with zero attached hydrogens (tertiary/aromatic N) is 3. The normalized spacial score (nSPS) is 13.8. The van der Waals surface area contributed by atoms with Gasteiger partial charge in [0.1, 0.15) is 6.54 Å². The van der Waals surface area contributed by atoms with Gasteiger partial charge in [0.05, 0.1) is 12.1 Å². The molecule has 116 valence electrons. The summed E-state index contributed by atoms with van der Waals surface area (Å²) >= 11 is 0. The number of rotatable bonds is 3. The largest absolute Gasteiger partial charge is 0.480 e. The molecular weight excluding hydrogens is 294 g/mol. The molecular formula is C17H15N3O3. The highest BCUT2D eigenvalue weighted by Crippen LogP contribution is 2.29. The molecule has 0 unspecified atom stereocenters. The number of aryl methyl sites for hydroxylation is 1. The van der Waals surface area contributed by atoms with Gasteiger partial charge in [0, 0.05) is 23.3 Å². The van der Waals surface area contributed by atoms with Gasteiger partial charge in [0.25, 0.3) is 0 Å². The van der Waals surface area contributed by atoms with Gasteiger partial charge in [0.15, 0.2) is 0 Å². The molecule has 4 rings (SSSR count). The Labute approximate surface area is 132 Å². The summed E-state index contributed by atoms with van der Waals surface area (Å²) in [5, 5.41) is 9.96. The Morgan fingerprint density at radius 1 is 1.22 bits per heavy atom. The van der Waals surface area contributed by atoms with Crippen molar-refractivity contribution in [1.82, 2.24) is 9.13 Å². The van der Waals surface area contributed by atoms with E-state index in [0.29, 0.717) is 6.54 Å². The van der Waals surface area contributed by atoms with Gasteiger partial charge in [-0.05, 0) is 42.6 Å². The van der Waals surface area contributed by atoms with E-state index in [1.165, 1.54) is 0 Å². The molecule has 0 saturated heterocycles. The van der Waals surface area contributed by atoms with Crippen molar-refractivity contribution < 1.29 is 14.7 Å². The highest BCUT2D eigenvalue weighted by atomic mass is 16.4. The van der Waals surface area contributed by atoms with Gasteiger partial charge in [-0.3, -0.25) is 14.3 Å². The third-order valence-electron chi connectivity index (χ3n) is 4.27. The molecule has 6 nitrogen and oxygen atoms in total. The Morgan fingerprint density at radius 3 is 2.78 bits per heavy atom. The lowest BCUT2D eigenvalue weighted by molar-refractivity contribution is -0.137. The topological polar surface area (TPSA) is 67.5 Å². The predicted octanol–water partition coefficient (Wildman–Crippen LogP) is 2.82. The van der Waals surface area contributed by atoms with Gasteiger partial charge in [-0.15, -0.1) is 0 Å². The van der Waals surface area contributed by atoms with Crippen LogP contribution in [0, 0.1) is 6.92 Å². The van der Waals surface area contributed by atoms with Gasteiger partial charge < -0.3 is 9.67 Å². The van der Waals surface area contributed by atoms with E-state index in [1.807, 2.05) is 43.3 Å². The second-order valence-electron chi connectivity index (χ2n) is 5.75. The predicted molar refractivity (Wildman–Crippen MR) is 85.7 cm³/mol. The second-order valence-corrected chi connectivity index (χ2v) is 5.75. The maximum absolute atomic E-state index is 12.6. The minimum Gasteiger partial charge on any atom is -0.480 e. The first-order chi connectivity index (χ1) is 11.0. The molecule has 3 heterocycles. The van der Waals surface area contributed by atoms with Crippen LogP contribution in [-0.2, 0) is 17.9 Å². The lowest BCUT2D eigenvalue weighted by Crippen LogP contribution is -2.26. The Balaban J connectivity index is 1.75. The van der Waals surface area contributed by atoms with Crippen molar-refractivity contribution in [2.24, 2.45) is 0 Å². The van der Waals surface area contributed by atoms with Crippen LogP contribution in [0.4, 0.5) is 10.5 Å². The minimum atomic E-state index is -0.892. The summed E-state index contributed by atoms with van der Waals surface area (Å²) in [6.07, 6.45) is 1.75. The fourth-order valence-corrected chi connectivity index (χ4v) is 3.17. The van der Waals surface area contributed by atoms with E-state index in [-0.39, 0.29) is 12.6 Å². The molecule has 0 spiro atoms. The van der Waals surface area contributed by atoms with Crippen molar-refractivity contribution in [3.63, 3.8) is 0 Å². The van der Waals surface area contributed by atoms with Crippen molar-refractivity contribution in [1.29, 1.82) is 0 Å². The van der Waals surface area contributed by atoms with E-state index in [1.54, 1.807) is 20.2 Å². The van der Waals surface area contributed by atoms with Crippen molar-refractivity contribution in [2.45, 2.75) is 20.0 Å². The number of benzene rings is 1. The average molecular weight is 309 g/mol. The molecule has 1 aliphatic heterocycles. The summed E-state index contributed by atoms with van der Waals surface area (Å²) in [4.78, 5) is 25.3. The van der Waals surface area contributed by atoms with Crippen molar-refractivity contribution in [3.8, 4) is 0 Å². The summed E-state index contributed by atoms with van der Waals surface area (Å²) in [7, 11) is 0. The molecule has 0 saturated carbocycles. The lowest BCUT2D eigenvalue weighted by Gasteiger charge is -2.16. The van der Waals surface area contributed by atoms with Crippen LogP contribution >= 0.6 is 0 Å². The van der Waals surface area contributed by atoms with Crippen LogP contribution in [0.2, 0.25) is 0 Å². The standard InChI is InChI=1S/C17H15N3O3/c1-11-2-4-14-9-19(17(23)20(11)14)13-5-3-12-6-7-18(10-16(21)22)15(12)8-13/h2-8H,9-10H2,1H3,(H,21,22). The summed E-state index contributed by atoms with van der Waals surface area (Å²) in [5.74, 6) is -0.892. The molecule has 0 radical (unpaired) electrons. The number of carbonyl (C=O) groups excluding carboxylic acids is 1. The molecule has 0 atom stereocenters. The van der Waals surface area contributed by atoms with E-state index in [4.69, 9.17) is 5.11 Å². The first-order valence-corrected chi connectivity index (χ1v) is 7.34. The Kier molecular flexibility index (Phi) is 2.81. The van der Waals surface area contributed by atoms with Crippen molar-refractivity contribution >= 4 is 28.6 Å². The molecule has 0 aliphatic carbocycles. The van der Waals surface area contributed by atoms with Crippen molar-refractivity contribution in [3.05, 3.63) is 54.0 Å². The number of amides is 1. The zero-order chi connectivity index (χ0) is 16.1. The summed E-state index contributed by atoms with van der Waals surface area (Å²) in [6.45, 7) is 2.34. The van der Waals surface area contributed by atoms with Gasteiger partial charge in [0.2, 0.25) is 0 Å². The third kappa shape index (κ3) is 2.03. The van der Waals surface area contributed by atoms with E-state index in [9.17, 15) is 9.59 Å². The fourth-order valence-electron chi connectivity index (χ4n) is 3.17. The highest BCUT2D eigenvalue weighted by Gasteiger charge is 2.29. The summed E-state index contributed by atoms with van der Waals surface area (Å²) < 4.78 is 3.38. The molecule has 1 aromatic carbocycles. The number of hydrogen-bond donors (Lipinski definition) is 1. The maximum atomic E-state index is 12.6. The first kappa shape index (κ1) is 13.6. The van der Waals surface area contributed by atoms with Crippen LogP contribution in [0.1, 0.15) is 11.4 Å². The van der Waals surface area contributed by atoms with Gasteiger partial charge in [-0.25, -0.2) is 4.79 Å². The average Bonchev–Trinajstić information content (AvgIpc) is 3.16. The van der Waals surface area contributed by atoms with Gasteiger partial charge in [-0.2, -0.15) is 0 Å². The van der Waals surface area contributed by atoms with Gasteiger partial charge in [-0.1, -0.05) is 6.07 Å². The van der Waals surface area contributed by atoms with E-state index >= 15 is 0 Å². The smallest absolute Gasteiger partial charge is 0.333 e.